The lowest BCUT2D eigenvalue weighted by Crippen LogP contribution is -2.43. The first-order valence-electron chi connectivity index (χ1n) is 8.36. The summed E-state index contributed by atoms with van der Waals surface area (Å²) in [5, 5.41) is 6.46. The van der Waals surface area contributed by atoms with Crippen molar-refractivity contribution in [3.05, 3.63) is 29.8 Å². The number of ether oxygens (including phenoxy) is 1. The minimum Gasteiger partial charge on any atom is -0.491 e. The Morgan fingerprint density at radius 3 is 2.52 bits per heavy atom. The summed E-state index contributed by atoms with van der Waals surface area (Å²) in [7, 11) is 4.00. The van der Waals surface area contributed by atoms with Gasteiger partial charge in [-0.1, -0.05) is 19.1 Å². The molecule has 1 amide bonds. The SMILES string of the molecule is CN(C)CCOc1ccccc1C(=O)NCC1(C)CCNCC1.Cl.Cl. The highest BCUT2D eigenvalue weighted by Crippen LogP contribution is 2.27. The van der Waals surface area contributed by atoms with Gasteiger partial charge in [-0.25, -0.2) is 0 Å². The number of halogens is 2. The fourth-order valence-corrected chi connectivity index (χ4v) is 2.71. The van der Waals surface area contributed by atoms with Gasteiger partial charge in [0.05, 0.1) is 5.56 Å². The fourth-order valence-electron chi connectivity index (χ4n) is 2.71. The van der Waals surface area contributed by atoms with E-state index in [0.717, 1.165) is 32.5 Å². The Kier molecular flexibility index (Phi) is 11.1. The largest absolute Gasteiger partial charge is 0.491 e. The monoisotopic (exact) mass is 391 g/mol. The summed E-state index contributed by atoms with van der Waals surface area (Å²) in [5.41, 5.74) is 0.797. The molecule has 0 aliphatic carbocycles. The maximum atomic E-state index is 12.5. The zero-order valence-corrected chi connectivity index (χ0v) is 17.0. The Morgan fingerprint density at radius 1 is 1.24 bits per heavy atom. The molecule has 1 aliphatic rings. The van der Waals surface area contributed by atoms with Crippen LogP contribution in [0.4, 0.5) is 0 Å². The van der Waals surface area contributed by atoms with Gasteiger partial charge < -0.3 is 20.3 Å². The van der Waals surface area contributed by atoms with Crippen molar-refractivity contribution in [3.63, 3.8) is 0 Å². The van der Waals surface area contributed by atoms with E-state index in [1.807, 2.05) is 38.4 Å². The van der Waals surface area contributed by atoms with Crippen molar-refractivity contribution in [1.82, 2.24) is 15.5 Å². The summed E-state index contributed by atoms with van der Waals surface area (Å²) in [5.74, 6) is 0.604. The molecule has 1 fully saturated rings. The van der Waals surface area contributed by atoms with E-state index in [2.05, 4.69) is 22.5 Å². The number of nitrogens with zero attached hydrogens (tertiary/aromatic N) is 1. The molecular weight excluding hydrogens is 361 g/mol. The summed E-state index contributed by atoms with van der Waals surface area (Å²) < 4.78 is 5.77. The van der Waals surface area contributed by atoms with Gasteiger partial charge in [0.15, 0.2) is 0 Å². The minimum atomic E-state index is -0.0507. The molecule has 2 rings (SSSR count). The summed E-state index contributed by atoms with van der Waals surface area (Å²) in [4.78, 5) is 14.6. The standard InChI is InChI=1S/C18H29N3O2.2ClH/c1-18(8-10-19-11-9-18)14-20-17(22)15-6-4-5-7-16(15)23-13-12-21(2)3;;/h4-7,19H,8-14H2,1-3H3,(H,20,22);2*1H. The fraction of sp³-hybridized carbons (Fsp3) is 0.611. The number of piperidine rings is 1. The van der Waals surface area contributed by atoms with Crippen molar-refractivity contribution in [3.8, 4) is 5.75 Å². The van der Waals surface area contributed by atoms with Gasteiger partial charge >= 0.3 is 0 Å². The van der Waals surface area contributed by atoms with Crippen LogP contribution in [0.3, 0.4) is 0 Å². The topological polar surface area (TPSA) is 53.6 Å². The van der Waals surface area contributed by atoms with Crippen molar-refractivity contribution in [2.75, 3.05) is 46.9 Å². The molecule has 0 radical (unpaired) electrons. The molecule has 1 aliphatic heterocycles. The average molecular weight is 392 g/mol. The van der Waals surface area contributed by atoms with E-state index >= 15 is 0 Å². The maximum absolute atomic E-state index is 12.5. The van der Waals surface area contributed by atoms with Crippen LogP contribution in [0.2, 0.25) is 0 Å². The van der Waals surface area contributed by atoms with Crippen LogP contribution in [-0.4, -0.2) is 57.7 Å². The number of likely N-dealkylation sites (N-methyl/N-ethyl adjacent to an activating group) is 1. The van der Waals surface area contributed by atoms with Gasteiger partial charge in [-0.3, -0.25) is 4.79 Å². The van der Waals surface area contributed by atoms with Gasteiger partial charge in [-0.2, -0.15) is 0 Å². The van der Waals surface area contributed by atoms with Crippen LogP contribution in [0.25, 0.3) is 0 Å². The van der Waals surface area contributed by atoms with Crippen molar-refractivity contribution >= 4 is 30.7 Å². The minimum absolute atomic E-state index is 0. The predicted octanol–water partition coefficient (Wildman–Crippen LogP) is 2.59. The Balaban J connectivity index is 0.00000288. The highest BCUT2D eigenvalue weighted by Gasteiger charge is 2.27. The number of hydrogen-bond donors (Lipinski definition) is 2. The van der Waals surface area contributed by atoms with E-state index in [0.29, 0.717) is 24.5 Å². The summed E-state index contributed by atoms with van der Waals surface area (Å²) >= 11 is 0. The van der Waals surface area contributed by atoms with E-state index in [1.165, 1.54) is 0 Å². The molecule has 144 valence electrons. The van der Waals surface area contributed by atoms with Crippen LogP contribution in [0.1, 0.15) is 30.1 Å². The number of carbonyl (C=O) groups is 1. The molecule has 25 heavy (non-hydrogen) atoms. The van der Waals surface area contributed by atoms with Crippen molar-refractivity contribution in [1.29, 1.82) is 0 Å². The molecular formula is C18H31Cl2N3O2. The lowest BCUT2D eigenvalue weighted by atomic mass is 9.81. The van der Waals surface area contributed by atoms with E-state index in [1.54, 1.807) is 0 Å². The first kappa shape index (κ1) is 24.0. The summed E-state index contributed by atoms with van der Waals surface area (Å²) in [6, 6.07) is 7.46. The van der Waals surface area contributed by atoms with Crippen LogP contribution in [0.15, 0.2) is 24.3 Å². The van der Waals surface area contributed by atoms with Crippen LogP contribution in [-0.2, 0) is 0 Å². The Labute approximate surface area is 163 Å². The van der Waals surface area contributed by atoms with Crippen LogP contribution >= 0.6 is 24.8 Å². The highest BCUT2D eigenvalue weighted by molar-refractivity contribution is 5.96. The lowest BCUT2D eigenvalue weighted by Gasteiger charge is -2.34. The molecule has 1 saturated heterocycles. The number of benzene rings is 1. The van der Waals surface area contributed by atoms with Gasteiger partial charge in [0.2, 0.25) is 0 Å². The summed E-state index contributed by atoms with van der Waals surface area (Å²) in [6.45, 7) is 6.39. The van der Waals surface area contributed by atoms with Gasteiger partial charge in [-0.15, -0.1) is 24.8 Å². The first-order valence-corrected chi connectivity index (χ1v) is 8.36. The molecule has 0 atom stereocenters. The van der Waals surface area contributed by atoms with E-state index < -0.39 is 0 Å². The maximum Gasteiger partial charge on any atom is 0.255 e. The second-order valence-corrected chi connectivity index (χ2v) is 6.89. The molecule has 2 N–H and O–H groups in total. The second-order valence-electron chi connectivity index (χ2n) is 6.89. The van der Waals surface area contributed by atoms with E-state index in [9.17, 15) is 4.79 Å². The zero-order valence-electron chi connectivity index (χ0n) is 15.3. The number of amides is 1. The van der Waals surface area contributed by atoms with Gasteiger partial charge in [-0.05, 0) is 57.6 Å². The molecule has 1 aromatic rings. The Hall–Kier alpha value is -1.01. The Bertz CT molecular complexity index is 521. The zero-order chi connectivity index (χ0) is 16.7. The number of carbonyl (C=O) groups excluding carboxylic acids is 1. The van der Waals surface area contributed by atoms with Crippen molar-refractivity contribution in [2.24, 2.45) is 5.41 Å². The molecule has 1 aromatic carbocycles. The van der Waals surface area contributed by atoms with Crippen LogP contribution < -0.4 is 15.4 Å². The molecule has 0 bridgehead atoms. The molecule has 7 heteroatoms. The third-order valence-corrected chi connectivity index (χ3v) is 4.41. The molecule has 5 nitrogen and oxygen atoms in total. The van der Waals surface area contributed by atoms with Crippen molar-refractivity contribution in [2.45, 2.75) is 19.8 Å². The number of para-hydroxylation sites is 1. The highest BCUT2D eigenvalue weighted by atomic mass is 35.5. The van der Waals surface area contributed by atoms with E-state index in [-0.39, 0.29) is 36.1 Å². The second kappa shape index (κ2) is 11.6. The van der Waals surface area contributed by atoms with Crippen molar-refractivity contribution < 1.29 is 9.53 Å². The smallest absolute Gasteiger partial charge is 0.255 e. The van der Waals surface area contributed by atoms with Gasteiger partial charge in [0, 0.05) is 13.1 Å². The Morgan fingerprint density at radius 2 is 1.88 bits per heavy atom. The number of rotatable bonds is 7. The third kappa shape index (κ3) is 7.82. The van der Waals surface area contributed by atoms with Gasteiger partial charge in [0.25, 0.3) is 5.91 Å². The number of nitrogens with one attached hydrogen (secondary N) is 2. The molecule has 0 unspecified atom stereocenters. The van der Waals surface area contributed by atoms with Crippen LogP contribution in [0.5, 0.6) is 5.75 Å². The molecule has 0 spiro atoms. The molecule has 0 aromatic heterocycles. The van der Waals surface area contributed by atoms with E-state index in [4.69, 9.17) is 4.74 Å². The number of hydrogen-bond acceptors (Lipinski definition) is 4. The van der Waals surface area contributed by atoms with Gasteiger partial charge in [0.1, 0.15) is 12.4 Å². The predicted molar refractivity (Wildman–Crippen MR) is 108 cm³/mol. The summed E-state index contributed by atoms with van der Waals surface area (Å²) in [6.07, 6.45) is 2.18. The normalized spacial score (nSPS) is 15.7. The molecule has 1 heterocycles. The van der Waals surface area contributed by atoms with Crippen LogP contribution in [0, 0.1) is 5.41 Å². The molecule has 0 saturated carbocycles. The average Bonchev–Trinajstić information content (AvgIpc) is 2.53. The third-order valence-electron chi connectivity index (χ3n) is 4.41. The lowest BCUT2D eigenvalue weighted by molar-refractivity contribution is 0.0918. The first-order chi connectivity index (χ1) is 11.0. The quantitative estimate of drug-likeness (QED) is 0.749.